The van der Waals surface area contributed by atoms with Crippen LogP contribution < -0.4 is 28.6 Å². The van der Waals surface area contributed by atoms with Crippen LogP contribution in [0, 0.1) is 6.92 Å². The molecule has 0 radical (unpaired) electrons. The molecule has 0 amide bonds. The summed E-state index contributed by atoms with van der Waals surface area (Å²) in [6, 6.07) is 33.3. The minimum absolute atomic E-state index is 0.125. The standard InChI is InChI=1S/C49H50N2O11/c1-35-7-17-42(18-8-35)60-47(54)36-9-19-40(20-10-36)57-33-5-3-4-6-34-58-45(52)27-28-46(53)59-41-21-11-37(12-22-41)48(55)61-43-23-13-38(14-24-43)49(56)62-44-25-15-39(16-26-44)51-31-29-50(2)30-32-51/h7-26H,3-6,27-34H2,1-2H3. The van der Waals surface area contributed by atoms with E-state index in [1.807, 2.05) is 31.2 Å². The smallest absolute Gasteiger partial charge is 0.343 e. The highest BCUT2D eigenvalue weighted by molar-refractivity contribution is 5.93. The summed E-state index contributed by atoms with van der Waals surface area (Å²) in [4.78, 5) is 67.0. The van der Waals surface area contributed by atoms with Gasteiger partial charge < -0.3 is 38.2 Å². The van der Waals surface area contributed by atoms with Crippen molar-refractivity contribution < 1.29 is 52.4 Å². The Morgan fingerprint density at radius 1 is 0.452 bits per heavy atom. The van der Waals surface area contributed by atoms with Crippen molar-refractivity contribution in [1.82, 2.24) is 4.90 Å². The summed E-state index contributed by atoms with van der Waals surface area (Å²) in [5.41, 5.74) is 3.10. The van der Waals surface area contributed by atoms with Crippen molar-refractivity contribution in [2.24, 2.45) is 0 Å². The number of unbranched alkanes of at least 4 members (excludes halogenated alkanes) is 3. The van der Waals surface area contributed by atoms with Gasteiger partial charge in [-0.15, -0.1) is 0 Å². The number of ether oxygens (including phenoxy) is 6. The lowest BCUT2D eigenvalue weighted by molar-refractivity contribution is -0.147. The zero-order valence-electron chi connectivity index (χ0n) is 34.9. The van der Waals surface area contributed by atoms with Crippen molar-refractivity contribution in [3.05, 3.63) is 144 Å². The van der Waals surface area contributed by atoms with Crippen LogP contribution in [0.25, 0.3) is 0 Å². The van der Waals surface area contributed by atoms with Crippen LogP contribution in [0.3, 0.4) is 0 Å². The number of hydrogen-bond donors (Lipinski definition) is 0. The molecular formula is C49H50N2O11. The minimum Gasteiger partial charge on any atom is -0.494 e. The van der Waals surface area contributed by atoms with E-state index in [1.54, 1.807) is 48.5 Å². The van der Waals surface area contributed by atoms with Gasteiger partial charge in [0.25, 0.3) is 0 Å². The van der Waals surface area contributed by atoms with Crippen LogP contribution in [0.5, 0.6) is 28.7 Å². The molecule has 322 valence electrons. The maximum atomic E-state index is 12.7. The fourth-order valence-electron chi connectivity index (χ4n) is 6.29. The average molecular weight is 843 g/mol. The van der Waals surface area contributed by atoms with Gasteiger partial charge in [-0.1, -0.05) is 17.7 Å². The molecule has 1 fully saturated rings. The van der Waals surface area contributed by atoms with Crippen molar-refractivity contribution in [2.75, 3.05) is 51.3 Å². The van der Waals surface area contributed by atoms with Gasteiger partial charge in [0, 0.05) is 31.9 Å². The Bertz CT molecular complexity index is 2250. The molecule has 1 heterocycles. The number of anilines is 1. The van der Waals surface area contributed by atoms with Gasteiger partial charge in [0.05, 0.1) is 42.7 Å². The van der Waals surface area contributed by atoms with Crippen LogP contribution in [-0.2, 0) is 14.3 Å². The number of hydrogen-bond acceptors (Lipinski definition) is 13. The number of carbonyl (C=O) groups is 5. The van der Waals surface area contributed by atoms with Crippen molar-refractivity contribution in [1.29, 1.82) is 0 Å². The maximum absolute atomic E-state index is 12.7. The number of likely N-dealkylation sites (N-methyl/N-ethyl adjacent to an activating group) is 1. The highest BCUT2D eigenvalue weighted by atomic mass is 16.6. The summed E-state index contributed by atoms with van der Waals surface area (Å²) in [5.74, 6) is -0.714. The van der Waals surface area contributed by atoms with E-state index in [-0.39, 0.29) is 36.5 Å². The molecule has 1 aliphatic heterocycles. The highest BCUT2D eigenvalue weighted by Gasteiger charge is 2.17. The molecule has 1 saturated heterocycles. The second kappa shape index (κ2) is 22.6. The van der Waals surface area contributed by atoms with Crippen LogP contribution in [0.4, 0.5) is 5.69 Å². The number of aryl methyl sites for hydroxylation is 1. The highest BCUT2D eigenvalue weighted by Crippen LogP contribution is 2.23. The number of esters is 5. The van der Waals surface area contributed by atoms with E-state index in [4.69, 9.17) is 28.4 Å². The summed E-state index contributed by atoms with van der Waals surface area (Å²) >= 11 is 0. The number of nitrogens with zero attached hydrogens (tertiary/aromatic N) is 2. The Morgan fingerprint density at radius 2 is 0.855 bits per heavy atom. The van der Waals surface area contributed by atoms with Gasteiger partial charge >= 0.3 is 29.8 Å². The monoisotopic (exact) mass is 842 g/mol. The second-order valence-electron chi connectivity index (χ2n) is 14.8. The van der Waals surface area contributed by atoms with Crippen molar-refractivity contribution >= 4 is 35.5 Å². The summed E-state index contributed by atoms with van der Waals surface area (Å²) in [5, 5.41) is 0. The first-order chi connectivity index (χ1) is 30.1. The van der Waals surface area contributed by atoms with Gasteiger partial charge in [0.1, 0.15) is 28.7 Å². The number of piperazine rings is 1. The van der Waals surface area contributed by atoms with Crippen LogP contribution in [-0.4, -0.2) is 81.2 Å². The van der Waals surface area contributed by atoms with Crippen LogP contribution in [0.1, 0.15) is 75.2 Å². The molecule has 13 nitrogen and oxygen atoms in total. The van der Waals surface area contributed by atoms with Crippen LogP contribution in [0.15, 0.2) is 121 Å². The fourth-order valence-corrected chi connectivity index (χ4v) is 6.29. The van der Waals surface area contributed by atoms with Gasteiger partial charge in [-0.2, -0.15) is 0 Å². The van der Waals surface area contributed by atoms with E-state index in [9.17, 15) is 24.0 Å². The molecule has 0 bridgehead atoms. The zero-order chi connectivity index (χ0) is 43.7. The third kappa shape index (κ3) is 14.1. The normalized spacial score (nSPS) is 12.5. The lowest BCUT2D eigenvalue weighted by Gasteiger charge is -2.34. The Hall–Kier alpha value is -6.99. The SMILES string of the molecule is Cc1ccc(OC(=O)c2ccc(OCCCCCCOC(=O)CCC(=O)Oc3ccc(C(=O)Oc4ccc(C(=O)Oc5ccc(N6CCN(C)CC6)cc5)cc4)cc3)cc2)cc1. The number of rotatable bonds is 19. The van der Waals surface area contributed by atoms with Gasteiger partial charge in [-0.05, 0) is 149 Å². The molecule has 0 aliphatic carbocycles. The van der Waals surface area contributed by atoms with Crippen LogP contribution in [0.2, 0.25) is 0 Å². The van der Waals surface area contributed by atoms with E-state index < -0.39 is 29.8 Å². The summed E-state index contributed by atoms with van der Waals surface area (Å²) < 4.78 is 32.7. The first-order valence-electron chi connectivity index (χ1n) is 20.6. The molecule has 0 N–H and O–H groups in total. The molecule has 6 rings (SSSR count). The largest absolute Gasteiger partial charge is 0.494 e. The minimum atomic E-state index is -0.642. The molecule has 0 spiro atoms. The lowest BCUT2D eigenvalue weighted by atomic mass is 10.2. The van der Waals surface area contributed by atoms with Gasteiger partial charge in [-0.3, -0.25) is 9.59 Å². The molecule has 1 aliphatic rings. The molecular weight excluding hydrogens is 793 g/mol. The molecule has 0 saturated carbocycles. The van der Waals surface area contributed by atoms with Crippen molar-refractivity contribution in [2.45, 2.75) is 45.4 Å². The van der Waals surface area contributed by atoms with E-state index >= 15 is 0 Å². The lowest BCUT2D eigenvalue weighted by Crippen LogP contribution is -2.44. The first-order valence-corrected chi connectivity index (χ1v) is 20.6. The van der Waals surface area contributed by atoms with Crippen LogP contribution >= 0.6 is 0 Å². The van der Waals surface area contributed by atoms with Gasteiger partial charge in [-0.25, -0.2) is 14.4 Å². The second-order valence-corrected chi connectivity index (χ2v) is 14.8. The third-order valence-corrected chi connectivity index (χ3v) is 9.96. The molecule has 0 atom stereocenters. The van der Waals surface area contributed by atoms with E-state index in [1.165, 1.54) is 48.5 Å². The molecule has 62 heavy (non-hydrogen) atoms. The number of carbonyl (C=O) groups excluding carboxylic acids is 5. The fraction of sp³-hybridized carbons (Fsp3) is 0.286. The summed E-state index contributed by atoms with van der Waals surface area (Å²) in [6.07, 6.45) is 2.91. The van der Waals surface area contributed by atoms with Gasteiger partial charge in [0.2, 0.25) is 0 Å². The predicted molar refractivity (Wildman–Crippen MR) is 231 cm³/mol. The molecule has 5 aromatic carbocycles. The third-order valence-electron chi connectivity index (χ3n) is 9.96. The predicted octanol–water partition coefficient (Wildman–Crippen LogP) is 8.27. The van der Waals surface area contributed by atoms with Gasteiger partial charge in [0.15, 0.2) is 0 Å². The molecule has 0 unspecified atom stereocenters. The Kier molecular flexibility index (Phi) is 16.2. The van der Waals surface area contributed by atoms with E-state index in [0.717, 1.165) is 56.7 Å². The van der Waals surface area contributed by atoms with Crippen molar-refractivity contribution in [3.8, 4) is 28.7 Å². The first kappa shape index (κ1) is 44.6. The molecule has 5 aromatic rings. The Morgan fingerprint density at radius 3 is 1.35 bits per heavy atom. The van der Waals surface area contributed by atoms with Crippen molar-refractivity contribution in [3.63, 3.8) is 0 Å². The van der Waals surface area contributed by atoms with E-state index in [0.29, 0.717) is 41.4 Å². The quantitative estimate of drug-likeness (QED) is 0.0447. The average Bonchev–Trinajstić information content (AvgIpc) is 3.28. The Balaban J connectivity index is 0.798. The topological polar surface area (TPSA) is 147 Å². The zero-order valence-corrected chi connectivity index (χ0v) is 34.9. The summed E-state index contributed by atoms with van der Waals surface area (Å²) in [6.45, 7) is 6.59. The number of benzene rings is 5. The van der Waals surface area contributed by atoms with E-state index in [2.05, 4.69) is 16.8 Å². The summed E-state index contributed by atoms with van der Waals surface area (Å²) in [7, 11) is 2.11. The maximum Gasteiger partial charge on any atom is 0.343 e. The molecule has 0 aromatic heterocycles. The molecule has 13 heteroatoms. The Labute approximate surface area is 361 Å².